The molecule has 4 saturated carbocycles. The Morgan fingerprint density at radius 3 is 2.48 bits per heavy atom. The monoisotopic (exact) mass is 350 g/mol. The van der Waals surface area contributed by atoms with Crippen LogP contribution in [0.3, 0.4) is 0 Å². The molecule has 4 fully saturated rings. The number of carbonyl (C=O) groups is 1. The van der Waals surface area contributed by atoms with Gasteiger partial charge in [0.25, 0.3) is 0 Å². The average molecular weight is 350 g/mol. The molecule has 4 aliphatic rings. The van der Waals surface area contributed by atoms with Gasteiger partial charge in [-0.05, 0) is 81.0 Å². The molecular formula is C21H34O4. The Labute approximate surface area is 151 Å². The fourth-order valence-electron chi connectivity index (χ4n) is 7.83. The standard InChI is InChI=1S/C21H34O4/c1-19-8-5-14(23)11-13(19)3-4-16-15(19)6-9-20(2)17(18(24)12-22)7-10-21(16,20)25/h13-17,22-23,25H,3-12H2,1-2H3/t13-,14-,15+,16-,17-,19+,20-,21+/m1/s1. The van der Waals surface area contributed by atoms with E-state index in [-0.39, 0.29) is 34.6 Å². The molecule has 0 radical (unpaired) electrons. The van der Waals surface area contributed by atoms with Crippen LogP contribution in [-0.2, 0) is 4.79 Å². The van der Waals surface area contributed by atoms with Crippen LogP contribution in [0, 0.1) is 34.5 Å². The number of aliphatic hydroxyl groups excluding tert-OH is 2. The summed E-state index contributed by atoms with van der Waals surface area (Å²) >= 11 is 0. The van der Waals surface area contributed by atoms with E-state index in [0.29, 0.717) is 24.7 Å². The number of Topliss-reactive ketones (excluding diaryl/α,β-unsaturated/α-hetero) is 1. The van der Waals surface area contributed by atoms with Crippen LogP contribution in [0.5, 0.6) is 0 Å². The van der Waals surface area contributed by atoms with Crippen molar-refractivity contribution < 1.29 is 20.1 Å². The second-order valence-electron chi connectivity index (χ2n) is 10.0. The molecule has 0 amide bonds. The lowest BCUT2D eigenvalue weighted by Crippen LogP contribution is -2.62. The highest BCUT2D eigenvalue weighted by molar-refractivity contribution is 5.83. The Hall–Kier alpha value is -0.450. The fraction of sp³-hybridized carbons (Fsp3) is 0.952. The molecule has 0 aromatic heterocycles. The van der Waals surface area contributed by atoms with Crippen LogP contribution in [0.2, 0.25) is 0 Å². The minimum absolute atomic E-state index is 0.0856. The molecule has 0 aliphatic heterocycles. The van der Waals surface area contributed by atoms with Gasteiger partial charge in [0.1, 0.15) is 6.61 Å². The summed E-state index contributed by atoms with van der Waals surface area (Å²) in [6, 6.07) is 0. The van der Waals surface area contributed by atoms with Crippen molar-refractivity contribution >= 4 is 5.78 Å². The molecule has 4 heteroatoms. The van der Waals surface area contributed by atoms with Crippen molar-refractivity contribution in [3.8, 4) is 0 Å². The Balaban J connectivity index is 1.66. The molecule has 8 atom stereocenters. The molecule has 0 aromatic rings. The zero-order chi connectivity index (χ0) is 18.0. The van der Waals surface area contributed by atoms with E-state index >= 15 is 0 Å². The number of fused-ring (bicyclic) bond motifs is 5. The maximum absolute atomic E-state index is 12.3. The zero-order valence-electron chi connectivity index (χ0n) is 15.7. The van der Waals surface area contributed by atoms with Crippen molar-refractivity contribution in [2.45, 2.75) is 83.3 Å². The fourth-order valence-corrected chi connectivity index (χ4v) is 7.83. The van der Waals surface area contributed by atoms with Crippen LogP contribution >= 0.6 is 0 Å². The minimum atomic E-state index is -0.768. The lowest BCUT2D eigenvalue weighted by atomic mass is 9.43. The van der Waals surface area contributed by atoms with Gasteiger partial charge in [0.2, 0.25) is 0 Å². The highest BCUT2D eigenvalue weighted by Crippen LogP contribution is 2.69. The number of hydrogen-bond acceptors (Lipinski definition) is 4. The zero-order valence-corrected chi connectivity index (χ0v) is 15.7. The van der Waals surface area contributed by atoms with Crippen LogP contribution in [0.4, 0.5) is 0 Å². The molecular weight excluding hydrogens is 316 g/mol. The first-order chi connectivity index (χ1) is 11.8. The topological polar surface area (TPSA) is 77.8 Å². The van der Waals surface area contributed by atoms with Gasteiger partial charge in [-0.1, -0.05) is 13.8 Å². The van der Waals surface area contributed by atoms with E-state index in [1.807, 2.05) is 0 Å². The van der Waals surface area contributed by atoms with Crippen LogP contribution in [0.25, 0.3) is 0 Å². The highest BCUT2D eigenvalue weighted by Gasteiger charge is 2.68. The van der Waals surface area contributed by atoms with Gasteiger partial charge >= 0.3 is 0 Å². The summed E-state index contributed by atoms with van der Waals surface area (Å²) in [5, 5.41) is 31.3. The molecule has 142 valence electrons. The molecule has 4 nitrogen and oxygen atoms in total. The van der Waals surface area contributed by atoms with Gasteiger partial charge < -0.3 is 15.3 Å². The van der Waals surface area contributed by atoms with E-state index in [0.717, 1.165) is 44.9 Å². The van der Waals surface area contributed by atoms with Crippen molar-refractivity contribution in [1.82, 2.24) is 0 Å². The van der Waals surface area contributed by atoms with Gasteiger partial charge in [0.05, 0.1) is 11.7 Å². The Kier molecular flexibility index (Phi) is 4.14. The van der Waals surface area contributed by atoms with Gasteiger partial charge in [0.15, 0.2) is 5.78 Å². The first-order valence-corrected chi connectivity index (χ1v) is 10.3. The van der Waals surface area contributed by atoms with Crippen LogP contribution < -0.4 is 0 Å². The third kappa shape index (κ3) is 2.26. The third-order valence-electron chi connectivity index (χ3n) is 9.37. The smallest absolute Gasteiger partial charge is 0.161 e. The Morgan fingerprint density at radius 2 is 1.76 bits per heavy atom. The molecule has 0 bridgehead atoms. The molecule has 4 rings (SSSR count). The Bertz CT molecular complexity index is 562. The van der Waals surface area contributed by atoms with Gasteiger partial charge in [0, 0.05) is 11.3 Å². The summed E-state index contributed by atoms with van der Waals surface area (Å²) in [4.78, 5) is 12.3. The molecule has 0 saturated heterocycles. The van der Waals surface area contributed by atoms with Gasteiger partial charge in [-0.2, -0.15) is 0 Å². The van der Waals surface area contributed by atoms with E-state index in [9.17, 15) is 20.1 Å². The normalized spacial score (nSPS) is 55.2. The molecule has 4 aliphatic carbocycles. The number of aliphatic hydroxyl groups is 3. The van der Waals surface area contributed by atoms with Crippen molar-refractivity contribution in [2.75, 3.05) is 6.61 Å². The van der Waals surface area contributed by atoms with E-state index < -0.39 is 12.2 Å². The lowest BCUT2D eigenvalue weighted by molar-refractivity contribution is -0.210. The van der Waals surface area contributed by atoms with Crippen molar-refractivity contribution in [1.29, 1.82) is 0 Å². The molecule has 3 N–H and O–H groups in total. The van der Waals surface area contributed by atoms with Gasteiger partial charge in [-0.3, -0.25) is 4.79 Å². The minimum Gasteiger partial charge on any atom is -0.393 e. The van der Waals surface area contributed by atoms with E-state index in [4.69, 9.17) is 0 Å². The predicted molar refractivity (Wildman–Crippen MR) is 94.8 cm³/mol. The first-order valence-electron chi connectivity index (χ1n) is 10.3. The lowest BCUT2D eigenvalue weighted by Gasteiger charge is -2.63. The molecule has 0 aromatic carbocycles. The predicted octanol–water partition coefficient (Wildman–Crippen LogP) is 2.68. The van der Waals surface area contributed by atoms with E-state index in [2.05, 4.69) is 13.8 Å². The summed E-state index contributed by atoms with van der Waals surface area (Å²) in [6.45, 7) is 4.10. The molecule has 0 heterocycles. The van der Waals surface area contributed by atoms with Crippen LogP contribution in [0.1, 0.15) is 71.6 Å². The SMILES string of the molecule is C[C@]12CC[C@@H](O)C[C@H]1CC[C@@H]1[C@@H]2CC[C@]2(C)[C@@H](C(=O)CO)CC[C@]12O. The summed E-state index contributed by atoms with van der Waals surface area (Å²) < 4.78 is 0. The van der Waals surface area contributed by atoms with Gasteiger partial charge in [-0.25, -0.2) is 0 Å². The molecule has 0 spiro atoms. The maximum atomic E-state index is 12.3. The van der Waals surface area contributed by atoms with Crippen molar-refractivity contribution in [3.63, 3.8) is 0 Å². The summed E-state index contributed by atoms with van der Waals surface area (Å²) in [6.07, 6.45) is 8.19. The van der Waals surface area contributed by atoms with Crippen molar-refractivity contribution in [2.24, 2.45) is 34.5 Å². The number of ketones is 1. The second kappa shape index (κ2) is 5.77. The summed E-state index contributed by atoms with van der Waals surface area (Å²) in [5.41, 5.74) is -0.931. The van der Waals surface area contributed by atoms with Crippen LogP contribution in [-0.4, -0.2) is 39.4 Å². The summed E-state index contributed by atoms with van der Waals surface area (Å²) in [5.74, 6) is 1.06. The maximum Gasteiger partial charge on any atom is 0.161 e. The second-order valence-corrected chi connectivity index (χ2v) is 10.0. The number of hydrogen-bond donors (Lipinski definition) is 3. The number of rotatable bonds is 2. The molecule has 0 unspecified atom stereocenters. The first kappa shape index (κ1) is 17.9. The van der Waals surface area contributed by atoms with E-state index in [1.54, 1.807) is 0 Å². The largest absolute Gasteiger partial charge is 0.393 e. The third-order valence-corrected chi connectivity index (χ3v) is 9.37. The van der Waals surface area contributed by atoms with Crippen molar-refractivity contribution in [3.05, 3.63) is 0 Å². The van der Waals surface area contributed by atoms with Gasteiger partial charge in [-0.15, -0.1) is 0 Å². The highest BCUT2D eigenvalue weighted by atomic mass is 16.3. The van der Waals surface area contributed by atoms with Crippen LogP contribution in [0.15, 0.2) is 0 Å². The quantitative estimate of drug-likeness (QED) is 0.715. The summed E-state index contributed by atoms with van der Waals surface area (Å²) in [7, 11) is 0. The Morgan fingerprint density at radius 1 is 1.00 bits per heavy atom. The number of carbonyl (C=O) groups excluding carboxylic acids is 1. The van der Waals surface area contributed by atoms with E-state index in [1.165, 1.54) is 0 Å². The average Bonchev–Trinajstić information content (AvgIpc) is 2.86. The molecule has 25 heavy (non-hydrogen) atoms.